The Labute approximate surface area is 185 Å². The van der Waals surface area contributed by atoms with Crippen LogP contribution >= 0.6 is 0 Å². The fourth-order valence-electron chi connectivity index (χ4n) is 10.2. The zero-order valence-electron chi connectivity index (χ0n) is 20.4. The lowest BCUT2D eigenvalue weighted by Gasteiger charge is -2.61. The number of methoxy groups -OCH3 is 1. The van der Waals surface area contributed by atoms with E-state index in [1.807, 2.05) is 7.11 Å². The van der Waals surface area contributed by atoms with Gasteiger partial charge in [0.25, 0.3) is 0 Å². The Morgan fingerprint density at radius 3 is 2.40 bits per heavy atom. The second-order valence-corrected chi connectivity index (χ2v) is 12.9. The van der Waals surface area contributed by atoms with E-state index in [1.165, 1.54) is 51.4 Å². The molecule has 5 aliphatic carbocycles. The molecule has 0 aromatic heterocycles. The minimum absolute atomic E-state index is 0.299. The summed E-state index contributed by atoms with van der Waals surface area (Å²) in [6.45, 7) is 12.0. The zero-order valence-corrected chi connectivity index (χ0v) is 20.4. The monoisotopic (exact) mass is 414 g/mol. The van der Waals surface area contributed by atoms with E-state index in [9.17, 15) is 5.11 Å². The van der Waals surface area contributed by atoms with E-state index in [-0.39, 0.29) is 6.10 Å². The molecule has 5 saturated carbocycles. The first-order chi connectivity index (χ1) is 14.2. The highest BCUT2D eigenvalue weighted by Gasteiger charge is 2.77. The van der Waals surface area contributed by atoms with Crippen molar-refractivity contribution in [3.8, 4) is 0 Å². The van der Waals surface area contributed by atoms with E-state index in [1.54, 1.807) is 0 Å². The summed E-state index contributed by atoms with van der Waals surface area (Å²) in [4.78, 5) is 0. The Morgan fingerprint density at radius 2 is 1.73 bits per heavy atom. The third-order valence-corrected chi connectivity index (χ3v) is 11.8. The Kier molecular flexibility index (Phi) is 5.07. The summed E-state index contributed by atoms with van der Waals surface area (Å²) in [5.74, 6) is 5.05. The van der Waals surface area contributed by atoms with Gasteiger partial charge in [-0.1, -0.05) is 46.8 Å². The number of allylic oxidation sites excluding steroid dienone is 1. The molecule has 0 aromatic rings. The van der Waals surface area contributed by atoms with Gasteiger partial charge in [0.15, 0.2) is 0 Å². The molecule has 2 nitrogen and oxygen atoms in total. The van der Waals surface area contributed by atoms with Gasteiger partial charge in [-0.05, 0) is 104 Å². The molecule has 1 spiro atoms. The second kappa shape index (κ2) is 7.08. The fraction of sp³-hybridized carbons (Fsp3) is 0.929. The predicted molar refractivity (Wildman–Crippen MR) is 123 cm³/mol. The second-order valence-electron chi connectivity index (χ2n) is 12.9. The number of hydrogen-bond donors (Lipinski definition) is 1. The van der Waals surface area contributed by atoms with Crippen LogP contribution in [-0.2, 0) is 4.74 Å². The topological polar surface area (TPSA) is 29.5 Å². The third kappa shape index (κ3) is 2.68. The number of rotatable bonds is 5. The molecule has 0 bridgehead atoms. The summed E-state index contributed by atoms with van der Waals surface area (Å²) in [5, 5.41) is 10.9. The van der Waals surface area contributed by atoms with Gasteiger partial charge in [0.1, 0.15) is 0 Å². The smallest absolute Gasteiger partial charge is 0.0749 e. The molecular formula is C28H46O2. The van der Waals surface area contributed by atoms with Crippen LogP contribution in [0.15, 0.2) is 12.2 Å². The minimum Gasteiger partial charge on any atom is -0.389 e. The highest BCUT2D eigenvalue weighted by atomic mass is 16.5. The molecule has 170 valence electrons. The SMILES string of the molecule is CO[C@@H]1C[C@H]2[C@@H]3CC[C@H]([C@H](C)[C@@H](O)/C=C/C(C)C)[C@@]3(C)CC[C@@H]2[C@@]2(C)CC[C@@H]3C[C@]312. The maximum absolute atomic E-state index is 10.9. The van der Waals surface area contributed by atoms with Gasteiger partial charge in [0.2, 0.25) is 0 Å². The van der Waals surface area contributed by atoms with Gasteiger partial charge in [0, 0.05) is 12.5 Å². The average molecular weight is 415 g/mol. The summed E-state index contributed by atoms with van der Waals surface area (Å²) in [6, 6.07) is 0. The van der Waals surface area contributed by atoms with E-state index in [2.05, 4.69) is 46.8 Å². The summed E-state index contributed by atoms with van der Waals surface area (Å²) >= 11 is 0. The third-order valence-electron chi connectivity index (χ3n) is 11.8. The summed E-state index contributed by atoms with van der Waals surface area (Å²) < 4.78 is 6.26. The van der Waals surface area contributed by atoms with Crippen molar-refractivity contribution in [2.75, 3.05) is 7.11 Å². The molecule has 0 heterocycles. The number of aliphatic hydroxyl groups is 1. The zero-order chi connectivity index (χ0) is 21.5. The highest BCUT2D eigenvalue weighted by Crippen LogP contribution is 2.82. The molecule has 0 aromatic carbocycles. The number of hydrogen-bond acceptors (Lipinski definition) is 2. The summed E-state index contributed by atoms with van der Waals surface area (Å²) in [7, 11) is 1.99. The van der Waals surface area contributed by atoms with Crippen molar-refractivity contribution in [3.63, 3.8) is 0 Å². The largest absolute Gasteiger partial charge is 0.389 e. The molecule has 5 aliphatic rings. The number of fused-ring (bicyclic) bond motifs is 4. The van der Waals surface area contributed by atoms with E-state index in [4.69, 9.17) is 4.74 Å². The van der Waals surface area contributed by atoms with Crippen LogP contribution in [0.25, 0.3) is 0 Å². The molecule has 2 heteroatoms. The van der Waals surface area contributed by atoms with Crippen LogP contribution < -0.4 is 0 Å². The van der Waals surface area contributed by atoms with Crippen LogP contribution in [-0.4, -0.2) is 24.4 Å². The normalized spacial score (nSPS) is 53.9. The number of aliphatic hydroxyl groups excluding tert-OH is 1. The van der Waals surface area contributed by atoms with Gasteiger partial charge >= 0.3 is 0 Å². The first-order valence-corrected chi connectivity index (χ1v) is 13.1. The van der Waals surface area contributed by atoms with Gasteiger partial charge < -0.3 is 9.84 Å². The van der Waals surface area contributed by atoms with Crippen LogP contribution in [0, 0.1) is 57.7 Å². The predicted octanol–water partition coefficient (Wildman–Crippen LogP) is 6.48. The maximum Gasteiger partial charge on any atom is 0.0749 e. The lowest BCUT2D eigenvalue weighted by molar-refractivity contribution is -0.162. The molecule has 0 aliphatic heterocycles. The quantitative estimate of drug-likeness (QED) is 0.522. The Hall–Kier alpha value is -0.340. The molecule has 0 unspecified atom stereocenters. The van der Waals surface area contributed by atoms with Crippen LogP contribution in [0.4, 0.5) is 0 Å². The molecular weight excluding hydrogens is 368 g/mol. The first-order valence-electron chi connectivity index (χ1n) is 13.1. The van der Waals surface area contributed by atoms with Crippen LogP contribution in [0.5, 0.6) is 0 Å². The molecule has 0 saturated heterocycles. The summed E-state index contributed by atoms with van der Waals surface area (Å²) in [6.07, 6.45) is 15.6. The van der Waals surface area contributed by atoms with Crippen molar-refractivity contribution in [2.24, 2.45) is 57.7 Å². The van der Waals surface area contributed by atoms with Gasteiger partial charge in [-0.25, -0.2) is 0 Å². The fourth-order valence-corrected chi connectivity index (χ4v) is 10.2. The lowest BCUT2D eigenvalue weighted by atomic mass is 9.45. The van der Waals surface area contributed by atoms with Crippen LogP contribution in [0.2, 0.25) is 0 Å². The standard InChI is InChI=1S/C28H46O2/c1-17(2)7-10-24(29)18(3)21-8-9-22-20-15-25(30-6)28-16-19(28)11-14-27(28,5)23(20)12-13-26(21,22)4/h7,10,17-25,29H,8-9,11-16H2,1-6H3/b10-7+/t18-,19+,20-,21+,22-,23-,24-,25+,26+,27+,28-/m0/s1. The van der Waals surface area contributed by atoms with E-state index in [0.717, 1.165) is 23.7 Å². The van der Waals surface area contributed by atoms with Crippen molar-refractivity contribution in [1.82, 2.24) is 0 Å². The minimum atomic E-state index is -0.299. The van der Waals surface area contributed by atoms with E-state index >= 15 is 0 Å². The lowest BCUT2D eigenvalue weighted by Crippen LogP contribution is -2.57. The number of ether oxygens (including phenoxy) is 1. The van der Waals surface area contributed by atoms with Gasteiger partial charge in [0.05, 0.1) is 12.2 Å². The molecule has 30 heavy (non-hydrogen) atoms. The van der Waals surface area contributed by atoms with Gasteiger partial charge in [-0.3, -0.25) is 0 Å². The molecule has 1 N–H and O–H groups in total. The molecule has 0 radical (unpaired) electrons. The molecule has 5 rings (SSSR count). The molecule has 5 fully saturated rings. The van der Waals surface area contributed by atoms with Gasteiger partial charge in [-0.15, -0.1) is 0 Å². The Morgan fingerprint density at radius 1 is 0.967 bits per heavy atom. The van der Waals surface area contributed by atoms with Crippen molar-refractivity contribution < 1.29 is 9.84 Å². The van der Waals surface area contributed by atoms with E-state index < -0.39 is 0 Å². The molecule has 0 amide bonds. The van der Waals surface area contributed by atoms with Crippen molar-refractivity contribution in [3.05, 3.63) is 12.2 Å². The molecule has 11 atom stereocenters. The average Bonchev–Trinajstić information content (AvgIpc) is 3.22. The highest BCUT2D eigenvalue weighted by molar-refractivity contribution is 5.26. The van der Waals surface area contributed by atoms with Gasteiger partial charge in [-0.2, -0.15) is 0 Å². The van der Waals surface area contributed by atoms with E-state index in [0.29, 0.717) is 40.1 Å². The Bertz CT molecular complexity index is 699. The Balaban J connectivity index is 1.40. The van der Waals surface area contributed by atoms with Crippen molar-refractivity contribution in [1.29, 1.82) is 0 Å². The van der Waals surface area contributed by atoms with Crippen molar-refractivity contribution >= 4 is 0 Å². The maximum atomic E-state index is 10.9. The first kappa shape index (κ1) is 21.5. The van der Waals surface area contributed by atoms with Crippen molar-refractivity contribution in [2.45, 2.75) is 98.2 Å². The van der Waals surface area contributed by atoms with Crippen LogP contribution in [0.1, 0.15) is 86.0 Å². The summed E-state index contributed by atoms with van der Waals surface area (Å²) in [5.41, 5.74) is 1.44. The van der Waals surface area contributed by atoms with Crippen LogP contribution in [0.3, 0.4) is 0 Å².